The number of rotatable bonds is 8. The Morgan fingerprint density at radius 1 is 1.33 bits per heavy atom. The smallest absolute Gasteiger partial charge is 0.239 e. The average molecular weight is 276 g/mol. The van der Waals surface area contributed by atoms with Crippen LogP contribution in [0, 0.1) is 0 Å². The normalized spacial score (nSPS) is 12.3. The van der Waals surface area contributed by atoms with Crippen LogP contribution in [0.25, 0.3) is 0 Å². The highest BCUT2D eigenvalue weighted by molar-refractivity contribution is 8.00. The third-order valence-corrected chi connectivity index (χ3v) is 3.40. The van der Waals surface area contributed by atoms with Gasteiger partial charge in [-0.3, -0.25) is 9.59 Å². The van der Waals surface area contributed by atoms with Crippen molar-refractivity contribution in [2.24, 2.45) is 0 Å². The molecule has 0 fully saturated rings. The number of amides is 2. The van der Waals surface area contributed by atoms with E-state index in [0.29, 0.717) is 12.3 Å². The Morgan fingerprint density at radius 3 is 2.39 bits per heavy atom. The van der Waals surface area contributed by atoms with Gasteiger partial charge in [0.2, 0.25) is 11.8 Å². The van der Waals surface area contributed by atoms with Crippen LogP contribution in [0.1, 0.15) is 27.7 Å². The fraction of sp³-hybridized carbons (Fsp3) is 0.833. The van der Waals surface area contributed by atoms with Crippen LogP contribution in [-0.2, 0) is 9.59 Å². The highest BCUT2D eigenvalue weighted by atomic mass is 32.2. The second kappa shape index (κ2) is 9.22. The largest absolute Gasteiger partial charge is 0.395 e. The molecule has 0 saturated carbocycles. The highest BCUT2D eigenvalue weighted by Gasteiger charge is 2.16. The Labute approximate surface area is 113 Å². The van der Waals surface area contributed by atoms with Gasteiger partial charge in [-0.1, -0.05) is 6.92 Å². The van der Waals surface area contributed by atoms with Gasteiger partial charge in [0.1, 0.15) is 0 Å². The zero-order valence-corrected chi connectivity index (χ0v) is 12.4. The molecule has 106 valence electrons. The number of thioether (sulfide) groups is 1. The van der Waals surface area contributed by atoms with Crippen LogP contribution in [0.5, 0.6) is 0 Å². The fourth-order valence-corrected chi connectivity index (χ4v) is 1.99. The molecule has 18 heavy (non-hydrogen) atoms. The average Bonchev–Trinajstić information content (AvgIpc) is 2.31. The summed E-state index contributed by atoms with van der Waals surface area (Å²) < 4.78 is 0. The van der Waals surface area contributed by atoms with Crippen molar-refractivity contribution < 1.29 is 14.7 Å². The zero-order valence-electron chi connectivity index (χ0n) is 11.6. The van der Waals surface area contributed by atoms with Crippen molar-refractivity contribution in [3.8, 4) is 0 Å². The van der Waals surface area contributed by atoms with Crippen molar-refractivity contribution in [2.45, 2.75) is 39.0 Å². The molecular weight excluding hydrogens is 252 g/mol. The Hall–Kier alpha value is -0.750. The SMILES string of the molecule is CCN(CC(=O)NC(C)C)C(=O)CSC(C)CO. The van der Waals surface area contributed by atoms with Crippen LogP contribution in [0.2, 0.25) is 0 Å². The summed E-state index contributed by atoms with van der Waals surface area (Å²) in [6, 6.07) is 0.0788. The van der Waals surface area contributed by atoms with Crippen molar-refractivity contribution in [1.29, 1.82) is 0 Å². The minimum Gasteiger partial charge on any atom is -0.395 e. The minimum absolute atomic E-state index is 0.0390. The summed E-state index contributed by atoms with van der Waals surface area (Å²) in [5, 5.41) is 11.7. The summed E-state index contributed by atoms with van der Waals surface area (Å²) in [6.07, 6.45) is 0. The van der Waals surface area contributed by atoms with E-state index in [9.17, 15) is 9.59 Å². The summed E-state index contributed by atoms with van der Waals surface area (Å²) in [4.78, 5) is 25.0. The lowest BCUT2D eigenvalue weighted by molar-refractivity contribution is -0.134. The Kier molecular flexibility index (Phi) is 8.83. The Morgan fingerprint density at radius 2 is 1.94 bits per heavy atom. The van der Waals surface area contributed by atoms with Gasteiger partial charge in [0.05, 0.1) is 18.9 Å². The number of aliphatic hydroxyl groups is 1. The molecule has 0 aromatic carbocycles. The molecule has 0 bridgehead atoms. The van der Waals surface area contributed by atoms with E-state index in [1.807, 2.05) is 27.7 Å². The Balaban J connectivity index is 4.15. The predicted octanol–water partition coefficient (Wildman–Crippen LogP) is 0.473. The van der Waals surface area contributed by atoms with Gasteiger partial charge < -0.3 is 15.3 Å². The van der Waals surface area contributed by atoms with Gasteiger partial charge in [0.15, 0.2) is 0 Å². The second-order valence-electron chi connectivity index (χ2n) is 4.43. The number of aliphatic hydroxyl groups excluding tert-OH is 1. The van der Waals surface area contributed by atoms with E-state index >= 15 is 0 Å². The highest BCUT2D eigenvalue weighted by Crippen LogP contribution is 2.10. The molecule has 0 spiro atoms. The van der Waals surface area contributed by atoms with Crippen LogP contribution in [0.4, 0.5) is 0 Å². The maximum atomic E-state index is 11.9. The van der Waals surface area contributed by atoms with Crippen molar-refractivity contribution >= 4 is 23.6 Å². The molecule has 0 aliphatic carbocycles. The molecule has 6 heteroatoms. The number of nitrogens with zero attached hydrogens (tertiary/aromatic N) is 1. The van der Waals surface area contributed by atoms with E-state index in [4.69, 9.17) is 5.11 Å². The molecule has 0 saturated heterocycles. The summed E-state index contributed by atoms with van der Waals surface area (Å²) in [5.41, 5.74) is 0. The first-order valence-electron chi connectivity index (χ1n) is 6.20. The first-order valence-corrected chi connectivity index (χ1v) is 7.25. The molecule has 2 N–H and O–H groups in total. The van der Waals surface area contributed by atoms with E-state index in [1.54, 1.807) is 0 Å². The summed E-state index contributed by atoms with van der Waals surface area (Å²) in [6.45, 7) is 8.14. The van der Waals surface area contributed by atoms with Gasteiger partial charge in [-0.05, 0) is 20.8 Å². The molecule has 0 aromatic rings. The zero-order chi connectivity index (χ0) is 14.1. The predicted molar refractivity (Wildman–Crippen MR) is 74.5 cm³/mol. The van der Waals surface area contributed by atoms with Gasteiger partial charge in [0, 0.05) is 17.8 Å². The summed E-state index contributed by atoms with van der Waals surface area (Å²) in [5.74, 6) is 0.0898. The molecule has 0 radical (unpaired) electrons. The first-order chi connectivity index (χ1) is 8.40. The van der Waals surface area contributed by atoms with Gasteiger partial charge >= 0.3 is 0 Å². The number of nitrogens with one attached hydrogen (secondary N) is 1. The second-order valence-corrected chi connectivity index (χ2v) is 5.86. The van der Waals surface area contributed by atoms with Crippen LogP contribution in [0.15, 0.2) is 0 Å². The maximum Gasteiger partial charge on any atom is 0.239 e. The minimum atomic E-state index is -0.139. The number of carbonyl (C=O) groups is 2. The molecule has 0 aromatic heterocycles. The van der Waals surface area contributed by atoms with Crippen LogP contribution in [-0.4, -0.2) is 58.6 Å². The van der Waals surface area contributed by atoms with Gasteiger partial charge in [-0.25, -0.2) is 0 Å². The quantitative estimate of drug-likeness (QED) is 0.676. The molecule has 1 unspecified atom stereocenters. The molecule has 5 nitrogen and oxygen atoms in total. The third-order valence-electron chi connectivity index (χ3n) is 2.27. The van der Waals surface area contributed by atoms with Gasteiger partial charge in [0.25, 0.3) is 0 Å². The maximum absolute atomic E-state index is 11.9. The lowest BCUT2D eigenvalue weighted by Crippen LogP contribution is -2.43. The van der Waals surface area contributed by atoms with Crippen LogP contribution in [0.3, 0.4) is 0 Å². The molecule has 0 aliphatic heterocycles. The number of hydrogen-bond donors (Lipinski definition) is 2. The van der Waals surface area contributed by atoms with Crippen molar-refractivity contribution in [1.82, 2.24) is 10.2 Å². The van der Waals surface area contributed by atoms with Crippen molar-refractivity contribution in [2.75, 3.05) is 25.4 Å². The third kappa shape index (κ3) is 7.55. The lowest BCUT2D eigenvalue weighted by atomic mass is 10.3. The van der Waals surface area contributed by atoms with Crippen molar-refractivity contribution in [3.05, 3.63) is 0 Å². The lowest BCUT2D eigenvalue weighted by Gasteiger charge is -2.21. The van der Waals surface area contributed by atoms with Gasteiger partial charge in [-0.15, -0.1) is 11.8 Å². The molecule has 0 heterocycles. The van der Waals surface area contributed by atoms with E-state index in [-0.39, 0.29) is 36.3 Å². The molecule has 2 amide bonds. The van der Waals surface area contributed by atoms with E-state index in [0.717, 1.165) is 0 Å². The number of hydrogen-bond acceptors (Lipinski definition) is 4. The molecular formula is C12H24N2O3S. The molecule has 0 rings (SSSR count). The van der Waals surface area contributed by atoms with E-state index < -0.39 is 0 Å². The molecule has 0 aliphatic rings. The standard InChI is InChI=1S/C12H24N2O3S/c1-5-14(6-11(16)13-9(2)3)12(17)8-18-10(4)7-15/h9-10,15H,5-8H2,1-4H3,(H,13,16). The fourth-order valence-electron chi connectivity index (χ4n) is 1.27. The number of likely N-dealkylation sites (N-methyl/N-ethyl adjacent to an activating group) is 1. The monoisotopic (exact) mass is 276 g/mol. The summed E-state index contributed by atoms with van der Waals surface area (Å²) in [7, 11) is 0. The topological polar surface area (TPSA) is 69.6 Å². The van der Waals surface area contributed by atoms with E-state index in [1.165, 1.54) is 16.7 Å². The number of carbonyl (C=O) groups excluding carboxylic acids is 2. The first kappa shape index (κ1) is 17.2. The van der Waals surface area contributed by atoms with Gasteiger partial charge in [-0.2, -0.15) is 0 Å². The van der Waals surface area contributed by atoms with Crippen LogP contribution < -0.4 is 5.32 Å². The summed E-state index contributed by atoms with van der Waals surface area (Å²) >= 11 is 1.40. The van der Waals surface area contributed by atoms with E-state index in [2.05, 4.69) is 5.32 Å². The van der Waals surface area contributed by atoms with Crippen molar-refractivity contribution in [3.63, 3.8) is 0 Å². The Bertz CT molecular complexity index is 272. The van der Waals surface area contributed by atoms with Crippen LogP contribution >= 0.6 is 11.8 Å². The molecule has 1 atom stereocenters.